The number of unbranched alkanes of at least 4 members (excludes halogenated alkanes) is 30. The fourth-order valence-corrected chi connectivity index (χ4v) is 14.7. The van der Waals surface area contributed by atoms with Crippen LogP contribution in [0.5, 0.6) is 5.75 Å². The number of ether oxygens (including phenoxy) is 1. The van der Waals surface area contributed by atoms with Gasteiger partial charge >= 0.3 is 0 Å². The third-order valence-electron chi connectivity index (χ3n) is 20.2. The molecule has 7 aromatic rings. The number of aromatic amines is 2. The van der Waals surface area contributed by atoms with Crippen molar-refractivity contribution in [3.05, 3.63) is 101 Å². The number of nitrogens with one attached hydrogen (secondary N) is 2. The van der Waals surface area contributed by atoms with Crippen molar-refractivity contribution in [2.24, 2.45) is 0 Å². The van der Waals surface area contributed by atoms with Crippen LogP contribution in [0, 0.1) is 0 Å². The van der Waals surface area contributed by atoms with Gasteiger partial charge in [0, 0.05) is 43.8 Å². The third kappa shape index (κ3) is 19.7. The summed E-state index contributed by atoms with van der Waals surface area (Å²) in [7, 11) is 0. The van der Waals surface area contributed by atoms with Gasteiger partial charge in [0.15, 0.2) is 23.3 Å². The Kier molecular flexibility index (Phi) is 29.8. The number of hydrogen-bond donors (Lipinski definition) is 2. The van der Waals surface area contributed by atoms with E-state index in [0.717, 1.165) is 157 Å². The number of rotatable bonds is 46. The number of nitrogens with zero attached hydrogens (tertiary/aromatic N) is 6. The maximum absolute atomic E-state index is 6.45. The van der Waals surface area contributed by atoms with E-state index >= 15 is 0 Å². The average Bonchev–Trinajstić information content (AvgIpc) is 1.60. The third-order valence-corrected chi connectivity index (χ3v) is 20.2. The molecule has 93 heavy (non-hydrogen) atoms. The van der Waals surface area contributed by atoms with Gasteiger partial charge in [0.25, 0.3) is 0 Å². The molecule has 0 spiro atoms. The Bertz CT molecular complexity index is 3610. The summed E-state index contributed by atoms with van der Waals surface area (Å²) in [4.78, 5) is 43.1. The maximum atomic E-state index is 6.45. The molecule has 9 nitrogen and oxygen atoms in total. The first-order chi connectivity index (χ1) is 45.9. The average molecular weight is 1260 g/mol. The molecule has 2 aliphatic rings. The molecule has 2 aliphatic heterocycles. The summed E-state index contributed by atoms with van der Waals surface area (Å²) in [5.74, 6) is 3.72. The van der Waals surface area contributed by atoms with Gasteiger partial charge in [0.05, 0.1) is 6.61 Å². The first kappa shape index (κ1) is 71.1. The number of hydrogen-bond acceptors (Lipinski definition) is 7. The molecule has 0 saturated heterocycles. The van der Waals surface area contributed by atoms with Crippen LogP contribution in [0.4, 0.5) is 0 Å². The Morgan fingerprint density at radius 2 is 0.591 bits per heavy atom. The molecule has 8 bridgehead atoms. The molecule has 9 rings (SSSR count). The minimum absolute atomic E-state index is 0.542. The highest BCUT2D eigenvalue weighted by molar-refractivity contribution is 6.09. The van der Waals surface area contributed by atoms with E-state index in [-0.39, 0.29) is 0 Å². The van der Waals surface area contributed by atoms with Crippen LogP contribution in [0.1, 0.15) is 312 Å². The Balaban J connectivity index is 1.37. The lowest BCUT2D eigenvalue weighted by Crippen LogP contribution is -1.98. The van der Waals surface area contributed by atoms with Gasteiger partial charge in [-0.25, -0.2) is 29.9 Å². The summed E-state index contributed by atoms with van der Waals surface area (Å²) in [5, 5.41) is 4.31. The van der Waals surface area contributed by atoms with Crippen LogP contribution in [0.3, 0.4) is 0 Å². The van der Waals surface area contributed by atoms with Gasteiger partial charge in [-0.2, -0.15) is 0 Å². The van der Waals surface area contributed by atoms with Crippen LogP contribution in [-0.2, 0) is 38.5 Å². The first-order valence-electron chi connectivity index (χ1n) is 38.6. The van der Waals surface area contributed by atoms with Crippen LogP contribution in [-0.4, -0.2) is 46.5 Å². The van der Waals surface area contributed by atoms with Gasteiger partial charge in [0.1, 0.15) is 28.3 Å². The Labute approximate surface area is 561 Å². The summed E-state index contributed by atoms with van der Waals surface area (Å²) in [6.45, 7) is 18.4. The van der Waals surface area contributed by atoms with Gasteiger partial charge in [-0.05, 0) is 135 Å². The van der Waals surface area contributed by atoms with Crippen molar-refractivity contribution in [3.63, 3.8) is 0 Å². The number of fused-ring (bicyclic) bond motifs is 20. The first-order valence-corrected chi connectivity index (χ1v) is 38.6. The largest absolute Gasteiger partial charge is 0.493 e. The monoisotopic (exact) mass is 1260 g/mol. The smallest absolute Gasteiger partial charge is 0.165 e. The molecule has 0 aliphatic carbocycles. The quantitative estimate of drug-likeness (QED) is 0.0288. The highest BCUT2D eigenvalue weighted by atomic mass is 16.5. The molecule has 0 atom stereocenters. The Morgan fingerprint density at radius 3 is 0.925 bits per heavy atom. The maximum Gasteiger partial charge on any atom is 0.165 e. The van der Waals surface area contributed by atoms with Crippen molar-refractivity contribution in [1.29, 1.82) is 0 Å². The van der Waals surface area contributed by atoms with E-state index < -0.39 is 0 Å². The zero-order valence-corrected chi connectivity index (χ0v) is 59.2. The number of aromatic nitrogens is 8. The topological polar surface area (TPSA) is 118 Å². The molecule has 5 heterocycles. The van der Waals surface area contributed by atoms with E-state index in [1.54, 1.807) is 0 Å². The van der Waals surface area contributed by atoms with Crippen molar-refractivity contribution < 1.29 is 4.74 Å². The fraction of sp³-hybridized carbons (Fsp3) is 0.595. The van der Waals surface area contributed by atoms with Crippen molar-refractivity contribution in [3.8, 4) is 51.3 Å². The molecule has 502 valence electrons. The van der Waals surface area contributed by atoms with Gasteiger partial charge < -0.3 is 14.7 Å². The minimum atomic E-state index is 0.542. The molecule has 0 amide bonds. The zero-order valence-electron chi connectivity index (χ0n) is 59.2. The number of benzene rings is 4. The molecule has 0 saturated carbocycles. The van der Waals surface area contributed by atoms with E-state index in [1.807, 2.05) is 6.08 Å². The molecule has 4 aromatic carbocycles. The van der Waals surface area contributed by atoms with Crippen LogP contribution in [0.25, 0.3) is 89.7 Å². The van der Waals surface area contributed by atoms with Crippen molar-refractivity contribution in [2.45, 2.75) is 318 Å². The molecule has 2 N–H and O–H groups in total. The molecule has 0 fully saturated rings. The second-order valence-electron chi connectivity index (χ2n) is 27.8. The normalized spacial score (nSPS) is 12.0. The van der Waals surface area contributed by atoms with Crippen LogP contribution < -0.4 is 4.74 Å². The highest BCUT2D eigenvalue weighted by Crippen LogP contribution is 2.45. The summed E-state index contributed by atoms with van der Waals surface area (Å²) < 4.78 is 6.45. The summed E-state index contributed by atoms with van der Waals surface area (Å²) in [6.07, 6.45) is 53.1. The Hall–Kier alpha value is -6.22. The van der Waals surface area contributed by atoms with E-state index in [0.29, 0.717) is 18.1 Å². The predicted molar refractivity (Wildman–Crippen MR) is 399 cm³/mol. The second kappa shape index (κ2) is 39.0. The predicted octanol–water partition coefficient (Wildman–Crippen LogP) is 25.2. The Morgan fingerprint density at radius 1 is 0.312 bits per heavy atom. The van der Waals surface area contributed by atoms with Crippen LogP contribution in [0.15, 0.2) is 67.3 Å². The molecule has 0 unspecified atom stereocenters. The fourth-order valence-electron chi connectivity index (χ4n) is 14.7. The van der Waals surface area contributed by atoms with Crippen LogP contribution >= 0.6 is 0 Å². The summed E-state index contributed by atoms with van der Waals surface area (Å²) in [6, 6.07) is 21.0. The second-order valence-corrected chi connectivity index (χ2v) is 27.8. The molecular formula is C84H120N8O. The van der Waals surface area contributed by atoms with E-state index in [4.69, 9.17) is 34.6 Å². The highest BCUT2D eigenvalue weighted by Gasteiger charge is 2.30. The lowest BCUT2D eigenvalue weighted by atomic mass is 9.91. The molecule has 0 radical (unpaired) electrons. The van der Waals surface area contributed by atoms with Crippen molar-refractivity contribution in [1.82, 2.24) is 39.9 Å². The van der Waals surface area contributed by atoms with E-state index in [2.05, 4.69) is 113 Å². The van der Waals surface area contributed by atoms with Gasteiger partial charge in [0.2, 0.25) is 0 Å². The zero-order chi connectivity index (χ0) is 64.8. The van der Waals surface area contributed by atoms with E-state index in [1.165, 1.54) is 237 Å². The minimum Gasteiger partial charge on any atom is -0.493 e. The van der Waals surface area contributed by atoms with Crippen molar-refractivity contribution >= 4 is 44.1 Å². The number of aryl methyl sites for hydroxylation is 6. The summed E-state index contributed by atoms with van der Waals surface area (Å²) in [5.41, 5.74) is 15.7. The molecular weight excluding hydrogens is 1140 g/mol. The molecule has 3 aromatic heterocycles. The van der Waals surface area contributed by atoms with Gasteiger partial charge in [-0.15, -0.1) is 6.58 Å². The van der Waals surface area contributed by atoms with Gasteiger partial charge in [-0.1, -0.05) is 277 Å². The van der Waals surface area contributed by atoms with E-state index in [9.17, 15) is 0 Å². The van der Waals surface area contributed by atoms with Gasteiger partial charge in [-0.3, -0.25) is 0 Å². The summed E-state index contributed by atoms with van der Waals surface area (Å²) >= 11 is 0. The lowest BCUT2D eigenvalue weighted by Gasteiger charge is -2.13. The number of H-pyrrole nitrogens is 2. The van der Waals surface area contributed by atoms with Crippen LogP contribution in [0.2, 0.25) is 0 Å². The van der Waals surface area contributed by atoms with Crippen molar-refractivity contribution in [2.75, 3.05) is 6.61 Å². The standard InChI is InChI=1S/C84H120N8O/c1-8-15-22-28-34-40-46-62-52-54-64(48-42-36-30-24-17-10-3)73-71(62)79-86-77-69-59-58-68(93-60-21-14-7)61-70(69)78(85-77)87-80-72-63(47-41-35-29-23-16-9-2)53-55-65(49-43-37-31-25-18-11-4)74(72)82(89-80)91-84-76-67(51-45-39-33-27-20-13-6)57-56-66(50-44-38-32-26-19-12-5)75(76)83(92-84)90-81(73)88-79/h14,52-59,61H,7-13,15-51,60H2,1-6H3,(H2,85,86,87,88,89,90,91,92). The molecule has 9 heteroatoms. The lowest BCUT2D eigenvalue weighted by molar-refractivity contribution is 0.325. The SMILES string of the molecule is C=CCCOc1ccc2c3nc4nc(nc5[nH]c(nc6nc(nc([nH]3)c2c1)-c1c(CCCCCCCC)ccc(CCCCCCCC)c1-6)c1c(CCCCCCCC)ccc(CCCCCCCC)c51)-c1c(CCCCCCCC)ccc(CCCCCCCC)c1-4.